The first-order valence-corrected chi connectivity index (χ1v) is 11.4. The Morgan fingerprint density at radius 3 is 2.37 bits per heavy atom. The van der Waals surface area contributed by atoms with Gasteiger partial charge in [-0.25, -0.2) is 13.9 Å². The van der Waals surface area contributed by atoms with Crippen molar-refractivity contribution in [1.82, 2.24) is 14.7 Å². The minimum atomic E-state index is -5.08. The molecule has 0 saturated carbocycles. The lowest BCUT2D eigenvalue weighted by Gasteiger charge is -2.35. The van der Waals surface area contributed by atoms with E-state index in [4.69, 9.17) is 9.90 Å². The van der Waals surface area contributed by atoms with Crippen molar-refractivity contribution in [2.75, 3.05) is 25.0 Å². The highest BCUT2D eigenvalue weighted by Crippen LogP contribution is 2.28. The SMILES string of the molecule is O=C(Nc1ccnn1C1CCN(CC2CC=CCC2)CC1)c1ccccc1F.O=C(O)C(F)(F)F. The Bertz CT molecular complexity index is 1030. The third kappa shape index (κ3) is 7.64. The smallest absolute Gasteiger partial charge is 0.475 e. The summed E-state index contributed by atoms with van der Waals surface area (Å²) in [5.41, 5.74) is 0.0478. The van der Waals surface area contributed by atoms with Gasteiger partial charge in [-0.2, -0.15) is 18.3 Å². The molecule has 190 valence electrons. The number of aromatic nitrogens is 2. The van der Waals surface area contributed by atoms with Crippen LogP contribution in [0, 0.1) is 11.7 Å². The minimum Gasteiger partial charge on any atom is -0.475 e. The van der Waals surface area contributed by atoms with Gasteiger partial charge < -0.3 is 15.3 Å². The minimum absolute atomic E-state index is 0.0478. The Balaban J connectivity index is 0.000000429. The number of rotatable bonds is 5. The van der Waals surface area contributed by atoms with Crippen LogP contribution in [0.2, 0.25) is 0 Å². The zero-order valence-electron chi connectivity index (χ0n) is 19.0. The van der Waals surface area contributed by atoms with Crippen LogP contribution in [0.5, 0.6) is 0 Å². The van der Waals surface area contributed by atoms with Crippen LogP contribution in [0.25, 0.3) is 0 Å². The average Bonchev–Trinajstić information content (AvgIpc) is 3.28. The van der Waals surface area contributed by atoms with Gasteiger partial charge in [-0.15, -0.1) is 0 Å². The quantitative estimate of drug-likeness (QED) is 0.454. The number of hydrogen-bond acceptors (Lipinski definition) is 4. The van der Waals surface area contributed by atoms with Gasteiger partial charge in [-0.1, -0.05) is 24.3 Å². The molecule has 1 aliphatic carbocycles. The number of nitrogens with one attached hydrogen (secondary N) is 1. The van der Waals surface area contributed by atoms with Crippen molar-refractivity contribution in [1.29, 1.82) is 0 Å². The van der Waals surface area contributed by atoms with Gasteiger partial charge >= 0.3 is 12.1 Å². The molecular weight excluding hydrogens is 468 g/mol. The first-order chi connectivity index (χ1) is 16.6. The normalized spacial score (nSPS) is 19.0. The molecule has 2 heterocycles. The average molecular weight is 497 g/mol. The molecule has 1 atom stereocenters. The van der Waals surface area contributed by atoms with Crippen molar-refractivity contribution in [3.63, 3.8) is 0 Å². The molecule has 1 amide bonds. The monoisotopic (exact) mass is 496 g/mol. The molecular formula is C24H28F4N4O3. The summed E-state index contributed by atoms with van der Waals surface area (Å²) >= 11 is 0. The Morgan fingerprint density at radius 2 is 1.77 bits per heavy atom. The van der Waals surface area contributed by atoms with Crippen molar-refractivity contribution < 1.29 is 32.3 Å². The number of carbonyl (C=O) groups is 2. The molecule has 2 N–H and O–H groups in total. The van der Waals surface area contributed by atoms with E-state index in [9.17, 15) is 22.4 Å². The molecule has 0 bridgehead atoms. The third-order valence-corrected chi connectivity index (χ3v) is 6.07. The number of benzene rings is 1. The largest absolute Gasteiger partial charge is 0.490 e. The molecule has 35 heavy (non-hydrogen) atoms. The lowest BCUT2D eigenvalue weighted by atomic mass is 9.93. The molecule has 1 aliphatic heterocycles. The molecule has 2 aliphatic rings. The van der Waals surface area contributed by atoms with Crippen molar-refractivity contribution >= 4 is 17.7 Å². The summed E-state index contributed by atoms with van der Waals surface area (Å²) in [6, 6.07) is 8.06. The van der Waals surface area contributed by atoms with E-state index in [0.717, 1.165) is 31.8 Å². The van der Waals surface area contributed by atoms with Crippen LogP contribution in [0.4, 0.5) is 23.4 Å². The highest BCUT2D eigenvalue weighted by molar-refractivity contribution is 6.04. The van der Waals surface area contributed by atoms with Crippen molar-refractivity contribution in [3.05, 3.63) is 60.1 Å². The van der Waals surface area contributed by atoms with E-state index in [1.165, 1.54) is 37.9 Å². The number of piperidine rings is 1. The predicted octanol–water partition coefficient (Wildman–Crippen LogP) is 4.90. The molecule has 0 spiro atoms. The van der Waals surface area contributed by atoms with E-state index < -0.39 is 23.9 Å². The number of hydrogen-bond donors (Lipinski definition) is 2. The van der Waals surface area contributed by atoms with Gasteiger partial charge in [-0.05, 0) is 50.2 Å². The molecule has 2 aromatic rings. The summed E-state index contributed by atoms with van der Waals surface area (Å²) < 4.78 is 47.5. The number of carboxylic acid groups (broad SMARTS) is 1. The van der Waals surface area contributed by atoms with E-state index in [1.54, 1.807) is 24.4 Å². The molecule has 1 saturated heterocycles. The molecule has 0 radical (unpaired) electrons. The summed E-state index contributed by atoms with van der Waals surface area (Å²) in [4.78, 5) is 23.9. The summed E-state index contributed by atoms with van der Waals surface area (Å²) in [7, 11) is 0. The number of halogens is 4. The van der Waals surface area contributed by atoms with Crippen LogP contribution in [-0.4, -0.2) is 57.5 Å². The maximum Gasteiger partial charge on any atom is 0.490 e. The number of nitrogens with zero attached hydrogens (tertiary/aromatic N) is 3. The second-order valence-electron chi connectivity index (χ2n) is 8.58. The standard InChI is InChI=1S/C22H27FN4O.C2HF3O2/c23-20-9-5-4-8-19(20)22(28)25-21-10-13-24-27(21)18-11-14-26(15-12-18)16-17-6-2-1-3-7-17;3-2(4,5)1(6)7/h1-2,4-5,8-10,13,17-18H,3,6-7,11-12,14-16H2,(H,25,28);(H,6,7). The van der Waals surface area contributed by atoms with Crippen molar-refractivity contribution in [3.8, 4) is 0 Å². The summed E-state index contributed by atoms with van der Waals surface area (Å²) in [6.07, 6.45) is 6.93. The molecule has 4 rings (SSSR count). The second kappa shape index (κ2) is 12.0. The van der Waals surface area contributed by atoms with Crippen LogP contribution in [0.15, 0.2) is 48.7 Å². The number of anilines is 1. The molecule has 11 heteroatoms. The lowest BCUT2D eigenvalue weighted by Crippen LogP contribution is -2.38. The Labute approximate surface area is 200 Å². The van der Waals surface area contributed by atoms with E-state index in [2.05, 4.69) is 27.5 Å². The van der Waals surface area contributed by atoms with E-state index in [1.807, 2.05) is 4.68 Å². The van der Waals surface area contributed by atoms with Gasteiger partial charge in [0.15, 0.2) is 0 Å². The number of carbonyl (C=O) groups excluding carboxylic acids is 1. The highest BCUT2D eigenvalue weighted by Gasteiger charge is 2.38. The molecule has 1 fully saturated rings. The second-order valence-corrected chi connectivity index (χ2v) is 8.58. The van der Waals surface area contributed by atoms with Crippen LogP contribution in [0.3, 0.4) is 0 Å². The topological polar surface area (TPSA) is 87.5 Å². The van der Waals surface area contributed by atoms with E-state index in [0.29, 0.717) is 5.82 Å². The fraction of sp³-hybridized carbons (Fsp3) is 0.458. The van der Waals surface area contributed by atoms with Gasteiger partial charge in [0.1, 0.15) is 11.6 Å². The number of allylic oxidation sites excluding steroid dienone is 2. The zero-order chi connectivity index (χ0) is 25.4. The van der Waals surface area contributed by atoms with Gasteiger partial charge in [0.05, 0.1) is 17.8 Å². The molecule has 1 aromatic heterocycles. The number of aliphatic carboxylic acids is 1. The van der Waals surface area contributed by atoms with Crippen LogP contribution >= 0.6 is 0 Å². The Kier molecular flexibility index (Phi) is 9.02. The fourth-order valence-corrected chi connectivity index (χ4v) is 4.27. The zero-order valence-corrected chi connectivity index (χ0v) is 19.0. The first kappa shape index (κ1) is 26.4. The molecule has 1 unspecified atom stereocenters. The maximum absolute atomic E-state index is 13.9. The summed E-state index contributed by atoms with van der Waals surface area (Å²) in [5, 5.41) is 14.4. The van der Waals surface area contributed by atoms with Gasteiger partial charge in [-0.3, -0.25) is 4.79 Å². The number of carboxylic acids is 1. The fourth-order valence-electron chi connectivity index (χ4n) is 4.27. The van der Waals surface area contributed by atoms with Gasteiger partial charge in [0, 0.05) is 25.7 Å². The third-order valence-electron chi connectivity index (χ3n) is 6.07. The van der Waals surface area contributed by atoms with Gasteiger partial charge in [0.25, 0.3) is 5.91 Å². The van der Waals surface area contributed by atoms with Crippen LogP contribution in [-0.2, 0) is 4.79 Å². The lowest BCUT2D eigenvalue weighted by molar-refractivity contribution is -0.192. The number of likely N-dealkylation sites (tertiary alicyclic amines) is 1. The van der Waals surface area contributed by atoms with E-state index in [-0.39, 0.29) is 11.6 Å². The van der Waals surface area contributed by atoms with Crippen LogP contribution in [0.1, 0.15) is 48.5 Å². The summed E-state index contributed by atoms with van der Waals surface area (Å²) in [6.45, 7) is 3.27. The van der Waals surface area contributed by atoms with Crippen LogP contribution < -0.4 is 5.32 Å². The highest BCUT2D eigenvalue weighted by atomic mass is 19.4. The molecule has 1 aromatic carbocycles. The first-order valence-electron chi connectivity index (χ1n) is 11.4. The van der Waals surface area contributed by atoms with Gasteiger partial charge in [0.2, 0.25) is 0 Å². The summed E-state index contributed by atoms with van der Waals surface area (Å²) in [5.74, 6) is -2.31. The Hall–Kier alpha value is -3.21. The predicted molar refractivity (Wildman–Crippen MR) is 121 cm³/mol. The number of amides is 1. The molecule has 7 nitrogen and oxygen atoms in total. The Morgan fingerprint density at radius 1 is 1.09 bits per heavy atom. The maximum atomic E-state index is 13.9. The van der Waals surface area contributed by atoms with Crippen molar-refractivity contribution in [2.24, 2.45) is 5.92 Å². The van der Waals surface area contributed by atoms with Crippen molar-refractivity contribution in [2.45, 2.75) is 44.3 Å². The number of alkyl halides is 3. The van der Waals surface area contributed by atoms with E-state index >= 15 is 0 Å².